The maximum atomic E-state index is 11.5. The van der Waals surface area contributed by atoms with Gasteiger partial charge in [0.15, 0.2) is 0 Å². The fourth-order valence-corrected chi connectivity index (χ4v) is 1.67. The highest BCUT2D eigenvalue weighted by atomic mass is 16.5. The molecule has 2 N–H and O–H groups in total. The molecule has 1 saturated heterocycles. The van der Waals surface area contributed by atoms with E-state index in [2.05, 4.69) is 15.5 Å². The van der Waals surface area contributed by atoms with Crippen molar-refractivity contribution in [3.8, 4) is 0 Å². The van der Waals surface area contributed by atoms with Crippen LogP contribution in [0.1, 0.15) is 13.3 Å². The second kappa shape index (κ2) is 8.03. The third-order valence-corrected chi connectivity index (χ3v) is 2.53. The number of hydrogen-bond acceptors (Lipinski definition) is 5. The molecule has 0 aromatic heterocycles. The summed E-state index contributed by atoms with van der Waals surface area (Å²) >= 11 is 0. The summed E-state index contributed by atoms with van der Waals surface area (Å²) in [4.78, 5) is 24.6. The van der Waals surface area contributed by atoms with Crippen LogP contribution in [0.25, 0.3) is 0 Å². The van der Waals surface area contributed by atoms with Crippen LogP contribution >= 0.6 is 0 Å². The van der Waals surface area contributed by atoms with E-state index in [4.69, 9.17) is 4.74 Å². The standard InChI is InChI=1S/C11H21N3O3/c1-2-17-11(16)3-4-13-10(15)9-14-7-5-12-6-8-14/h12H,2-9H2,1H3,(H,13,15). The molecule has 6 heteroatoms. The molecule has 98 valence electrons. The maximum Gasteiger partial charge on any atom is 0.307 e. The first-order valence-corrected chi connectivity index (χ1v) is 6.07. The van der Waals surface area contributed by atoms with Gasteiger partial charge in [0.25, 0.3) is 0 Å². The summed E-state index contributed by atoms with van der Waals surface area (Å²) in [6, 6.07) is 0. The third kappa shape index (κ3) is 6.23. The first kappa shape index (κ1) is 13.9. The Balaban J connectivity index is 2.06. The van der Waals surface area contributed by atoms with E-state index in [0.717, 1.165) is 26.2 Å². The zero-order valence-corrected chi connectivity index (χ0v) is 10.3. The van der Waals surface area contributed by atoms with Crippen molar-refractivity contribution < 1.29 is 14.3 Å². The molecule has 0 bridgehead atoms. The van der Waals surface area contributed by atoms with Gasteiger partial charge in [-0.2, -0.15) is 0 Å². The number of carbonyl (C=O) groups excluding carboxylic acids is 2. The summed E-state index contributed by atoms with van der Waals surface area (Å²) < 4.78 is 4.76. The predicted molar refractivity (Wildman–Crippen MR) is 63.6 cm³/mol. The largest absolute Gasteiger partial charge is 0.466 e. The molecule has 0 aromatic rings. The SMILES string of the molecule is CCOC(=O)CCNC(=O)CN1CCNCC1. The van der Waals surface area contributed by atoms with Crippen LogP contribution in [0.4, 0.5) is 0 Å². The van der Waals surface area contributed by atoms with Crippen LogP contribution in [0.15, 0.2) is 0 Å². The zero-order chi connectivity index (χ0) is 12.5. The van der Waals surface area contributed by atoms with Gasteiger partial charge in [-0.25, -0.2) is 0 Å². The first-order chi connectivity index (χ1) is 8.22. The summed E-state index contributed by atoms with van der Waals surface area (Å²) in [6.45, 7) is 6.55. The van der Waals surface area contributed by atoms with Crippen LogP contribution < -0.4 is 10.6 Å². The number of piperazine rings is 1. The molecule has 17 heavy (non-hydrogen) atoms. The maximum absolute atomic E-state index is 11.5. The van der Waals surface area contributed by atoms with E-state index in [-0.39, 0.29) is 18.3 Å². The van der Waals surface area contributed by atoms with Crippen molar-refractivity contribution in [2.24, 2.45) is 0 Å². The van der Waals surface area contributed by atoms with Crippen molar-refractivity contribution in [1.82, 2.24) is 15.5 Å². The summed E-state index contributed by atoms with van der Waals surface area (Å²) in [6.07, 6.45) is 0.237. The fourth-order valence-electron chi connectivity index (χ4n) is 1.67. The molecule has 0 aliphatic carbocycles. The molecular formula is C11H21N3O3. The summed E-state index contributed by atoms with van der Waals surface area (Å²) in [5, 5.41) is 5.94. The van der Waals surface area contributed by atoms with Crippen molar-refractivity contribution in [3.63, 3.8) is 0 Å². The Morgan fingerprint density at radius 1 is 1.35 bits per heavy atom. The van der Waals surface area contributed by atoms with E-state index in [1.807, 2.05) is 0 Å². The predicted octanol–water partition coefficient (Wildman–Crippen LogP) is -1.04. The Morgan fingerprint density at radius 3 is 2.71 bits per heavy atom. The smallest absolute Gasteiger partial charge is 0.307 e. The van der Waals surface area contributed by atoms with Crippen LogP contribution in [0, 0.1) is 0 Å². The van der Waals surface area contributed by atoms with Gasteiger partial charge in [-0.15, -0.1) is 0 Å². The minimum Gasteiger partial charge on any atom is -0.466 e. The lowest BCUT2D eigenvalue weighted by molar-refractivity contribution is -0.143. The number of rotatable bonds is 6. The van der Waals surface area contributed by atoms with Crippen LogP contribution in [0.5, 0.6) is 0 Å². The van der Waals surface area contributed by atoms with E-state index in [1.165, 1.54) is 0 Å². The van der Waals surface area contributed by atoms with E-state index in [9.17, 15) is 9.59 Å². The summed E-state index contributed by atoms with van der Waals surface area (Å²) in [7, 11) is 0. The average molecular weight is 243 g/mol. The van der Waals surface area contributed by atoms with Crippen LogP contribution in [-0.4, -0.2) is 62.7 Å². The topological polar surface area (TPSA) is 70.7 Å². The van der Waals surface area contributed by atoms with E-state index in [0.29, 0.717) is 19.7 Å². The number of ether oxygens (including phenoxy) is 1. The number of hydrogen-bond donors (Lipinski definition) is 2. The number of amides is 1. The van der Waals surface area contributed by atoms with E-state index < -0.39 is 0 Å². The number of nitrogens with one attached hydrogen (secondary N) is 2. The Morgan fingerprint density at radius 2 is 2.06 bits per heavy atom. The van der Waals surface area contributed by atoms with Gasteiger partial charge in [-0.05, 0) is 6.92 Å². The highest BCUT2D eigenvalue weighted by Gasteiger charge is 2.13. The van der Waals surface area contributed by atoms with Gasteiger partial charge in [0, 0.05) is 32.7 Å². The van der Waals surface area contributed by atoms with Crippen molar-refractivity contribution in [2.75, 3.05) is 45.9 Å². The molecule has 1 amide bonds. The van der Waals surface area contributed by atoms with E-state index in [1.54, 1.807) is 6.92 Å². The molecule has 0 spiro atoms. The molecule has 1 heterocycles. The lowest BCUT2D eigenvalue weighted by Crippen LogP contribution is -2.47. The Labute approximate surface area is 102 Å². The average Bonchev–Trinajstić information content (AvgIpc) is 2.30. The van der Waals surface area contributed by atoms with Crippen LogP contribution in [0.3, 0.4) is 0 Å². The number of nitrogens with zero attached hydrogens (tertiary/aromatic N) is 1. The Bertz CT molecular complexity index is 252. The van der Waals surface area contributed by atoms with Crippen LogP contribution in [-0.2, 0) is 14.3 Å². The molecule has 1 rings (SSSR count). The lowest BCUT2D eigenvalue weighted by atomic mass is 10.3. The molecule has 1 fully saturated rings. The molecule has 1 aliphatic rings. The van der Waals surface area contributed by atoms with Gasteiger partial charge in [0.1, 0.15) is 0 Å². The van der Waals surface area contributed by atoms with Gasteiger partial charge in [-0.1, -0.05) is 0 Å². The highest BCUT2D eigenvalue weighted by molar-refractivity contribution is 5.78. The normalized spacial score (nSPS) is 16.5. The Kier molecular flexibility index (Phi) is 6.57. The van der Waals surface area contributed by atoms with Crippen molar-refractivity contribution >= 4 is 11.9 Å². The third-order valence-electron chi connectivity index (χ3n) is 2.53. The highest BCUT2D eigenvalue weighted by Crippen LogP contribution is 1.91. The molecular weight excluding hydrogens is 222 g/mol. The number of esters is 1. The fraction of sp³-hybridized carbons (Fsp3) is 0.818. The zero-order valence-electron chi connectivity index (χ0n) is 10.3. The van der Waals surface area contributed by atoms with Gasteiger partial charge < -0.3 is 15.4 Å². The second-order valence-electron chi connectivity index (χ2n) is 3.93. The minimum absolute atomic E-state index is 0.0313. The quantitative estimate of drug-likeness (QED) is 0.583. The van der Waals surface area contributed by atoms with Crippen molar-refractivity contribution in [3.05, 3.63) is 0 Å². The first-order valence-electron chi connectivity index (χ1n) is 6.07. The van der Waals surface area contributed by atoms with Crippen molar-refractivity contribution in [1.29, 1.82) is 0 Å². The molecule has 0 aromatic carbocycles. The molecule has 0 atom stereocenters. The molecule has 6 nitrogen and oxygen atoms in total. The van der Waals surface area contributed by atoms with Gasteiger partial charge in [0.05, 0.1) is 19.6 Å². The molecule has 1 aliphatic heterocycles. The second-order valence-corrected chi connectivity index (χ2v) is 3.93. The lowest BCUT2D eigenvalue weighted by Gasteiger charge is -2.26. The summed E-state index contributed by atoms with van der Waals surface area (Å²) in [5.74, 6) is -0.300. The molecule has 0 unspecified atom stereocenters. The molecule has 0 saturated carbocycles. The van der Waals surface area contributed by atoms with Crippen molar-refractivity contribution in [2.45, 2.75) is 13.3 Å². The van der Waals surface area contributed by atoms with Gasteiger partial charge in [0.2, 0.25) is 5.91 Å². The van der Waals surface area contributed by atoms with Gasteiger partial charge in [-0.3, -0.25) is 14.5 Å². The van der Waals surface area contributed by atoms with E-state index >= 15 is 0 Å². The number of carbonyl (C=O) groups is 2. The minimum atomic E-state index is -0.269. The van der Waals surface area contributed by atoms with Crippen LogP contribution in [0.2, 0.25) is 0 Å². The monoisotopic (exact) mass is 243 g/mol. The Hall–Kier alpha value is -1.14. The van der Waals surface area contributed by atoms with Gasteiger partial charge >= 0.3 is 5.97 Å². The summed E-state index contributed by atoms with van der Waals surface area (Å²) in [5.41, 5.74) is 0. The molecule has 0 radical (unpaired) electrons.